The number of hydrogen-bond donors (Lipinski definition) is 1. The number of rotatable bonds is 4. The first-order valence-electron chi connectivity index (χ1n) is 10.6. The fourth-order valence-electron chi connectivity index (χ4n) is 5.03. The van der Waals surface area contributed by atoms with E-state index >= 15 is 0 Å². The molecule has 1 aromatic heterocycles. The average Bonchev–Trinajstić information content (AvgIpc) is 3.27. The van der Waals surface area contributed by atoms with Crippen LogP contribution in [0.5, 0.6) is 0 Å². The maximum Gasteiger partial charge on any atom is 0.280 e. The van der Waals surface area contributed by atoms with Crippen molar-refractivity contribution in [3.8, 4) is 0 Å². The third-order valence-corrected chi connectivity index (χ3v) is 7.51. The van der Waals surface area contributed by atoms with Gasteiger partial charge >= 0.3 is 0 Å². The van der Waals surface area contributed by atoms with Gasteiger partial charge < -0.3 is 10.2 Å². The Morgan fingerprint density at radius 3 is 2.63 bits per heavy atom. The van der Waals surface area contributed by atoms with Gasteiger partial charge in [0.15, 0.2) is 5.01 Å². The van der Waals surface area contributed by atoms with Crippen LogP contribution in [0.25, 0.3) is 0 Å². The predicted molar refractivity (Wildman–Crippen MR) is 107 cm³/mol. The lowest BCUT2D eigenvalue weighted by Gasteiger charge is -2.33. The van der Waals surface area contributed by atoms with E-state index in [1.807, 2.05) is 5.38 Å². The third kappa shape index (κ3) is 4.05. The van der Waals surface area contributed by atoms with E-state index in [0.29, 0.717) is 22.9 Å². The van der Waals surface area contributed by atoms with E-state index in [9.17, 15) is 9.59 Å². The average molecular weight is 390 g/mol. The maximum atomic E-state index is 13.0. The van der Waals surface area contributed by atoms with Gasteiger partial charge in [-0.25, -0.2) is 4.98 Å². The molecule has 2 bridgehead atoms. The van der Waals surface area contributed by atoms with Gasteiger partial charge in [0, 0.05) is 29.9 Å². The van der Waals surface area contributed by atoms with Crippen molar-refractivity contribution in [1.29, 1.82) is 0 Å². The summed E-state index contributed by atoms with van der Waals surface area (Å²) in [6.07, 6.45) is 8.59. The van der Waals surface area contributed by atoms with Crippen LogP contribution in [0.15, 0.2) is 5.38 Å². The van der Waals surface area contributed by atoms with Crippen molar-refractivity contribution in [2.24, 2.45) is 11.8 Å². The summed E-state index contributed by atoms with van der Waals surface area (Å²) in [6, 6.07) is 0.680. The van der Waals surface area contributed by atoms with Crippen LogP contribution < -0.4 is 5.32 Å². The lowest BCUT2D eigenvalue weighted by Crippen LogP contribution is -2.43. The van der Waals surface area contributed by atoms with E-state index in [1.165, 1.54) is 37.0 Å². The number of thiazole rings is 1. The molecule has 3 fully saturated rings. The molecule has 2 saturated carbocycles. The Hall–Kier alpha value is -1.43. The summed E-state index contributed by atoms with van der Waals surface area (Å²) >= 11 is 1.42. The molecule has 2 aliphatic carbocycles. The number of nitrogens with zero attached hydrogens (tertiary/aromatic N) is 2. The first-order valence-corrected chi connectivity index (χ1v) is 11.5. The Labute approximate surface area is 165 Å². The molecule has 27 heavy (non-hydrogen) atoms. The minimum Gasteiger partial charge on any atom is -0.347 e. The molecule has 148 valence electrons. The van der Waals surface area contributed by atoms with Gasteiger partial charge in [0.05, 0.1) is 5.69 Å². The van der Waals surface area contributed by atoms with Gasteiger partial charge in [0.2, 0.25) is 5.91 Å². The van der Waals surface area contributed by atoms with Crippen LogP contribution in [0.3, 0.4) is 0 Å². The molecule has 0 unspecified atom stereocenters. The Morgan fingerprint density at radius 2 is 1.96 bits per heavy atom. The van der Waals surface area contributed by atoms with Gasteiger partial charge in [0.1, 0.15) is 0 Å². The van der Waals surface area contributed by atoms with Crippen LogP contribution in [0, 0.1) is 11.8 Å². The molecule has 2 atom stereocenters. The zero-order valence-corrected chi connectivity index (χ0v) is 17.3. The summed E-state index contributed by atoms with van der Waals surface area (Å²) in [5.74, 6) is 1.57. The van der Waals surface area contributed by atoms with Gasteiger partial charge in [-0.15, -0.1) is 11.3 Å². The number of carbonyl (C=O) groups excluding carboxylic acids is 2. The number of hydrogen-bond acceptors (Lipinski definition) is 4. The zero-order valence-electron chi connectivity index (χ0n) is 16.4. The van der Waals surface area contributed by atoms with Gasteiger partial charge in [-0.1, -0.05) is 20.3 Å². The summed E-state index contributed by atoms with van der Waals surface area (Å²) in [5, 5.41) is 5.67. The number of amides is 2. The van der Waals surface area contributed by atoms with Gasteiger partial charge in [-0.3, -0.25) is 9.59 Å². The summed E-state index contributed by atoms with van der Waals surface area (Å²) in [7, 11) is 0. The van der Waals surface area contributed by atoms with Gasteiger partial charge in [-0.05, 0) is 56.8 Å². The number of aromatic nitrogens is 1. The number of carbonyl (C=O) groups is 2. The molecule has 1 N–H and O–H groups in total. The second kappa shape index (κ2) is 7.90. The first-order chi connectivity index (χ1) is 13.0. The lowest BCUT2D eigenvalue weighted by molar-refractivity contribution is -0.137. The van der Waals surface area contributed by atoms with E-state index in [4.69, 9.17) is 0 Å². The Kier molecular flexibility index (Phi) is 5.53. The molecule has 1 aliphatic heterocycles. The first kappa shape index (κ1) is 18.9. The van der Waals surface area contributed by atoms with E-state index in [2.05, 4.69) is 29.0 Å². The highest BCUT2D eigenvalue weighted by molar-refractivity contribution is 7.11. The zero-order chi connectivity index (χ0) is 19.0. The molecule has 5 nitrogen and oxygen atoms in total. The number of likely N-dealkylation sites (tertiary alicyclic amines) is 1. The van der Waals surface area contributed by atoms with Crippen molar-refractivity contribution in [3.63, 3.8) is 0 Å². The quantitative estimate of drug-likeness (QED) is 0.848. The molecule has 4 rings (SSSR count). The van der Waals surface area contributed by atoms with Crippen molar-refractivity contribution in [2.75, 3.05) is 6.54 Å². The fraction of sp³-hybridized carbons (Fsp3) is 0.762. The molecule has 1 aromatic rings. The summed E-state index contributed by atoms with van der Waals surface area (Å²) in [4.78, 5) is 32.1. The second-order valence-corrected chi connectivity index (χ2v) is 9.79. The Morgan fingerprint density at radius 1 is 1.19 bits per heavy atom. The second-order valence-electron chi connectivity index (χ2n) is 8.93. The number of nitrogens with one attached hydrogen (secondary N) is 1. The summed E-state index contributed by atoms with van der Waals surface area (Å²) in [5.41, 5.74) is 0.982. The van der Waals surface area contributed by atoms with Crippen molar-refractivity contribution in [1.82, 2.24) is 15.2 Å². The van der Waals surface area contributed by atoms with E-state index < -0.39 is 0 Å². The smallest absolute Gasteiger partial charge is 0.280 e. The number of fused-ring (bicyclic) bond motifs is 2. The maximum absolute atomic E-state index is 13.0. The lowest BCUT2D eigenvalue weighted by atomic mass is 9.85. The van der Waals surface area contributed by atoms with Crippen LogP contribution in [-0.4, -0.2) is 40.3 Å². The molecule has 0 radical (unpaired) electrons. The SMILES string of the molecule is CC(C)c1csc(C(=O)NC2CCC(C(=O)N3C[C@@H]4CCC[C@H]3C4)CC2)n1. The molecular formula is C21H31N3O2S. The molecule has 6 heteroatoms. The minimum absolute atomic E-state index is 0.0602. The standard InChI is InChI=1S/C21H31N3O2S/c1-13(2)18-12-27-20(23-18)19(25)22-16-8-6-15(7-9-16)21(26)24-11-14-4-3-5-17(24)10-14/h12-17H,3-11H2,1-2H3,(H,22,25)/t14-,15?,16?,17+/m1/s1. The van der Waals surface area contributed by atoms with Crippen molar-refractivity contribution in [3.05, 3.63) is 16.1 Å². The van der Waals surface area contributed by atoms with E-state index in [1.54, 1.807) is 0 Å². The highest BCUT2D eigenvalue weighted by atomic mass is 32.1. The Balaban J connectivity index is 1.27. The van der Waals surface area contributed by atoms with E-state index in [0.717, 1.165) is 43.8 Å². The van der Waals surface area contributed by atoms with Gasteiger partial charge in [-0.2, -0.15) is 0 Å². The third-order valence-electron chi connectivity index (χ3n) is 6.65. The normalized spacial score (nSPS) is 30.6. The topological polar surface area (TPSA) is 62.3 Å². The molecule has 2 amide bonds. The predicted octanol–water partition coefficient (Wildman–Crippen LogP) is 3.96. The Bertz CT molecular complexity index is 693. The minimum atomic E-state index is -0.0602. The van der Waals surface area contributed by atoms with Crippen LogP contribution in [0.1, 0.15) is 86.6 Å². The van der Waals surface area contributed by atoms with Crippen molar-refractivity contribution in [2.45, 2.75) is 83.2 Å². The van der Waals surface area contributed by atoms with Crippen LogP contribution in [0.4, 0.5) is 0 Å². The molecule has 2 heterocycles. The monoisotopic (exact) mass is 389 g/mol. The highest BCUT2D eigenvalue weighted by Crippen LogP contribution is 2.37. The van der Waals surface area contributed by atoms with Gasteiger partial charge in [0.25, 0.3) is 5.91 Å². The molecule has 3 aliphatic rings. The van der Waals surface area contributed by atoms with Crippen LogP contribution in [-0.2, 0) is 4.79 Å². The van der Waals surface area contributed by atoms with Crippen molar-refractivity contribution >= 4 is 23.2 Å². The highest BCUT2D eigenvalue weighted by Gasteiger charge is 2.40. The van der Waals surface area contributed by atoms with E-state index in [-0.39, 0.29) is 17.9 Å². The molecule has 1 saturated heterocycles. The molecule has 0 spiro atoms. The largest absolute Gasteiger partial charge is 0.347 e. The fourth-order valence-corrected chi connectivity index (χ4v) is 5.91. The van der Waals surface area contributed by atoms with Crippen LogP contribution >= 0.6 is 11.3 Å². The molecular weight excluding hydrogens is 358 g/mol. The van der Waals surface area contributed by atoms with Crippen molar-refractivity contribution < 1.29 is 9.59 Å². The van der Waals surface area contributed by atoms with Crippen LogP contribution in [0.2, 0.25) is 0 Å². The summed E-state index contributed by atoms with van der Waals surface area (Å²) in [6.45, 7) is 5.16. The summed E-state index contributed by atoms with van der Waals surface area (Å²) < 4.78 is 0. The molecule has 0 aromatic carbocycles.